The maximum absolute atomic E-state index is 9.94. The van der Waals surface area contributed by atoms with Gasteiger partial charge in [0.15, 0.2) is 0 Å². The number of benzene rings is 2. The number of imidazole rings is 1. The van der Waals surface area contributed by atoms with E-state index in [1.54, 1.807) is 6.92 Å². The van der Waals surface area contributed by atoms with Gasteiger partial charge in [0.05, 0.1) is 17.6 Å². The van der Waals surface area contributed by atoms with Gasteiger partial charge in [-0.3, -0.25) is 0 Å². The van der Waals surface area contributed by atoms with E-state index >= 15 is 0 Å². The Hall–Kier alpha value is -2.33. The molecule has 2 aromatic carbocycles. The average molecular weight is 296 g/mol. The number of aliphatic hydroxyl groups is 1. The Morgan fingerprint density at radius 2 is 1.86 bits per heavy atom. The highest BCUT2D eigenvalue weighted by atomic mass is 16.5. The zero-order chi connectivity index (χ0) is 15.5. The van der Waals surface area contributed by atoms with Crippen molar-refractivity contribution >= 4 is 11.0 Å². The third-order valence-corrected chi connectivity index (χ3v) is 3.72. The van der Waals surface area contributed by atoms with Crippen molar-refractivity contribution in [1.82, 2.24) is 9.55 Å². The van der Waals surface area contributed by atoms with Crippen LogP contribution in [0.1, 0.15) is 24.4 Å². The largest absolute Gasteiger partial charge is 0.491 e. The van der Waals surface area contributed by atoms with Crippen molar-refractivity contribution in [2.75, 3.05) is 6.61 Å². The Bertz CT molecular complexity index is 778. The second kappa shape index (κ2) is 6.20. The number of ether oxygens (including phenoxy) is 1. The molecule has 1 atom stereocenters. The van der Waals surface area contributed by atoms with Crippen LogP contribution in [0.2, 0.25) is 0 Å². The van der Waals surface area contributed by atoms with Crippen LogP contribution in [0.5, 0.6) is 5.75 Å². The maximum atomic E-state index is 9.94. The van der Waals surface area contributed by atoms with E-state index in [-0.39, 0.29) is 0 Å². The molecule has 0 amide bonds. The van der Waals surface area contributed by atoms with E-state index < -0.39 is 6.10 Å². The summed E-state index contributed by atoms with van der Waals surface area (Å²) < 4.78 is 7.89. The number of hydrogen-bond donors (Lipinski definition) is 1. The van der Waals surface area contributed by atoms with Crippen molar-refractivity contribution in [2.24, 2.45) is 0 Å². The van der Waals surface area contributed by atoms with Gasteiger partial charge in [0.1, 0.15) is 24.3 Å². The summed E-state index contributed by atoms with van der Waals surface area (Å²) in [4.78, 5) is 4.51. The molecule has 0 fully saturated rings. The minimum Gasteiger partial charge on any atom is -0.491 e. The Morgan fingerprint density at radius 1 is 1.14 bits per heavy atom. The molecule has 0 aliphatic heterocycles. The van der Waals surface area contributed by atoms with Crippen LogP contribution in [0.15, 0.2) is 48.5 Å². The molecule has 4 heteroatoms. The van der Waals surface area contributed by atoms with E-state index in [4.69, 9.17) is 4.74 Å². The SMILES string of the molecule is Cc1ccccc1OCCn1c([C@@H](C)O)nc2ccccc21. The Morgan fingerprint density at radius 3 is 2.64 bits per heavy atom. The predicted molar refractivity (Wildman–Crippen MR) is 87.0 cm³/mol. The summed E-state index contributed by atoms with van der Waals surface area (Å²) in [7, 11) is 0. The number of nitrogens with zero attached hydrogens (tertiary/aromatic N) is 2. The fraction of sp³-hybridized carbons (Fsp3) is 0.278. The molecule has 0 saturated heterocycles. The smallest absolute Gasteiger partial charge is 0.138 e. The number of aryl methyl sites for hydroxylation is 1. The zero-order valence-electron chi connectivity index (χ0n) is 12.9. The van der Waals surface area contributed by atoms with E-state index in [1.807, 2.05) is 60.0 Å². The van der Waals surface area contributed by atoms with Crippen molar-refractivity contribution in [2.45, 2.75) is 26.5 Å². The number of para-hydroxylation sites is 3. The first-order chi connectivity index (χ1) is 10.7. The molecule has 0 bridgehead atoms. The van der Waals surface area contributed by atoms with Crippen LogP contribution in [0.4, 0.5) is 0 Å². The molecule has 114 valence electrons. The number of aromatic nitrogens is 2. The lowest BCUT2D eigenvalue weighted by atomic mass is 10.2. The first-order valence-electron chi connectivity index (χ1n) is 7.48. The van der Waals surface area contributed by atoms with Gasteiger partial charge in [0.2, 0.25) is 0 Å². The maximum Gasteiger partial charge on any atom is 0.138 e. The van der Waals surface area contributed by atoms with E-state index in [0.717, 1.165) is 22.3 Å². The topological polar surface area (TPSA) is 47.3 Å². The molecule has 1 N–H and O–H groups in total. The highest BCUT2D eigenvalue weighted by molar-refractivity contribution is 5.76. The first kappa shape index (κ1) is 14.6. The summed E-state index contributed by atoms with van der Waals surface area (Å²) in [5, 5.41) is 9.94. The van der Waals surface area contributed by atoms with Crippen LogP contribution < -0.4 is 4.74 Å². The predicted octanol–water partition coefficient (Wildman–Crippen LogP) is 3.48. The molecule has 0 aliphatic carbocycles. The Balaban J connectivity index is 1.81. The molecule has 0 aliphatic rings. The molecule has 3 rings (SSSR count). The number of rotatable bonds is 5. The minimum atomic E-state index is -0.606. The van der Waals surface area contributed by atoms with Gasteiger partial charge in [0.25, 0.3) is 0 Å². The summed E-state index contributed by atoms with van der Waals surface area (Å²) in [5.74, 6) is 1.57. The van der Waals surface area contributed by atoms with Crippen LogP contribution in [-0.2, 0) is 6.54 Å². The van der Waals surface area contributed by atoms with E-state index in [2.05, 4.69) is 4.98 Å². The lowest BCUT2D eigenvalue weighted by molar-refractivity contribution is 0.181. The molecular weight excluding hydrogens is 276 g/mol. The zero-order valence-corrected chi connectivity index (χ0v) is 12.9. The Kier molecular flexibility index (Phi) is 4.11. The highest BCUT2D eigenvalue weighted by Crippen LogP contribution is 2.21. The lowest BCUT2D eigenvalue weighted by Crippen LogP contribution is -2.13. The lowest BCUT2D eigenvalue weighted by Gasteiger charge is -2.13. The standard InChI is InChI=1S/C18H20N2O2/c1-13-7-3-6-10-17(13)22-12-11-20-16-9-5-4-8-15(16)19-18(20)14(2)21/h3-10,14,21H,11-12H2,1-2H3/t14-/m1/s1. The van der Waals surface area contributed by atoms with Crippen molar-refractivity contribution in [3.63, 3.8) is 0 Å². The molecule has 0 radical (unpaired) electrons. The average Bonchev–Trinajstić information content (AvgIpc) is 2.88. The van der Waals surface area contributed by atoms with E-state index in [1.165, 1.54) is 0 Å². The summed E-state index contributed by atoms with van der Waals surface area (Å²) in [6, 6.07) is 15.9. The van der Waals surface area contributed by atoms with Gasteiger partial charge in [-0.1, -0.05) is 30.3 Å². The molecule has 1 heterocycles. The third kappa shape index (κ3) is 2.83. The van der Waals surface area contributed by atoms with Gasteiger partial charge in [-0.05, 0) is 37.6 Å². The van der Waals surface area contributed by atoms with Gasteiger partial charge in [0, 0.05) is 0 Å². The number of hydrogen-bond acceptors (Lipinski definition) is 3. The molecule has 22 heavy (non-hydrogen) atoms. The van der Waals surface area contributed by atoms with Crippen LogP contribution in [0.25, 0.3) is 11.0 Å². The molecule has 1 aromatic heterocycles. The van der Waals surface area contributed by atoms with Gasteiger partial charge < -0.3 is 14.4 Å². The molecule has 3 aromatic rings. The van der Waals surface area contributed by atoms with Crippen molar-refractivity contribution < 1.29 is 9.84 Å². The van der Waals surface area contributed by atoms with E-state index in [0.29, 0.717) is 19.0 Å². The van der Waals surface area contributed by atoms with Crippen molar-refractivity contribution in [3.05, 3.63) is 59.9 Å². The van der Waals surface area contributed by atoms with Crippen LogP contribution in [0.3, 0.4) is 0 Å². The summed E-state index contributed by atoms with van der Waals surface area (Å²) in [6.07, 6.45) is -0.606. The third-order valence-electron chi connectivity index (χ3n) is 3.72. The van der Waals surface area contributed by atoms with Crippen LogP contribution >= 0.6 is 0 Å². The van der Waals surface area contributed by atoms with Crippen molar-refractivity contribution in [1.29, 1.82) is 0 Å². The van der Waals surface area contributed by atoms with Crippen LogP contribution in [-0.4, -0.2) is 21.3 Å². The molecular formula is C18H20N2O2. The highest BCUT2D eigenvalue weighted by Gasteiger charge is 2.14. The summed E-state index contributed by atoms with van der Waals surface area (Å²) in [5.41, 5.74) is 3.04. The number of fused-ring (bicyclic) bond motifs is 1. The molecule has 4 nitrogen and oxygen atoms in total. The summed E-state index contributed by atoms with van der Waals surface area (Å²) >= 11 is 0. The fourth-order valence-corrected chi connectivity index (χ4v) is 2.61. The normalized spacial score (nSPS) is 12.5. The monoisotopic (exact) mass is 296 g/mol. The van der Waals surface area contributed by atoms with Gasteiger partial charge >= 0.3 is 0 Å². The van der Waals surface area contributed by atoms with Gasteiger partial charge in [-0.2, -0.15) is 0 Å². The molecule has 0 spiro atoms. The minimum absolute atomic E-state index is 0.533. The quantitative estimate of drug-likeness (QED) is 0.784. The fourth-order valence-electron chi connectivity index (χ4n) is 2.61. The molecule has 0 saturated carbocycles. The first-order valence-corrected chi connectivity index (χ1v) is 7.48. The van der Waals surface area contributed by atoms with E-state index in [9.17, 15) is 5.11 Å². The molecule has 0 unspecified atom stereocenters. The van der Waals surface area contributed by atoms with Gasteiger partial charge in [-0.25, -0.2) is 4.98 Å². The van der Waals surface area contributed by atoms with Gasteiger partial charge in [-0.15, -0.1) is 0 Å². The van der Waals surface area contributed by atoms with Crippen molar-refractivity contribution in [3.8, 4) is 5.75 Å². The van der Waals surface area contributed by atoms with Crippen LogP contribution in [0, 0.1) is 6.92 Å². The number of aliphatic hydroxyl groups excluding tert-OH is 1. The second-order valence-corrected chi connectivity index (χ2v) is 5.40. The Labute approximate surface area is 130 Å². The summed E-state index contributed by atoms with van der Waals surface area (Å²) in [6.45, 7) is 4.95. The second-order valence-electron chi connectivity index (χ2n) is 5.40.